The van der Waals surface area contributed by atoms with Crippen LogP contribution in [0.5, 0.6) is 5.75 Å². The third-order valence-corrected chi connectivity index (χ3v) is 5.40. The van der Waals surface area contributed by atoms with Crippen molar-refractivity contribution in [2.75, 3.05) is 20.1 Å². The number of quaternary nitrogens is 1. The number of hydrogen-bond donors (Lipinski definition) is 1. The Hall–Kier alpha value is -1.80. The normalized spacial score (nSPS) is 27.2. The van der Waals surface area contributed by atoms with Gasteiger partial charge in [-0.05, 0) is 35.7 Å². The van der Waals surface area contributed by atoms with Gasteiger partial charge in [-0.2, -0.15) is 0 Å². The molecule has 2 heterocycles. The lowest BCUT2D eigenvalue weighted by Gasteiger charge is -2.45. The van der Waals surface area contributed by atoms with Gasteiger partial charge in [0.25, 0.3) is 0 Å². The molecule has 0 bridgehead atoms. The fourth-order valence-corrected chi connectivity index (χ4v) is 4.32. The summed E-state index contributed by atoms with van der Waals surface area (Å²) in [5, 5.41) is 9.79. The predicted octanol–water partition coefficient (Wildman–Crippen LogP) is 3.43. The van der Waals surface area contributed by atoms with E-state index in [1.165, 1.54) is 41.6 Å². The molecule has 2 aliphatic heterocycles. The number of phenolic OH excluding ortho intramolecular Hbond substituents is 1. The number of aryl methyl sites for hydroxylation is 1. The molecule has 2 unspecified atom stereocenters. The summed E-state index contributed by atoms with van der Waals surface area (Å²) in [4.78, 5) is 0. The van der Waals surface area contributed by atoms with Gasteiger partial charge in [0.15, 0.2) is 0 Å². The van der Waals surface area contributed by atoms with E-state index < -0.39 is 0 Å². The summed E-state index contributed by atoms with van der Waals surface area (Å²) < 4.78 is 1.11. The summed E-state index contributed by atoms with van der Waals surface area (Å²) in [6.07, 6.45) is 3.52. The molecule has 0 saturated carbocycles. The van der Waals surface area contributed by atoms with Crippen molar-refractivity contribution in [3.63, 3.8) is 0 Å². The minimum absolute atomic E-state index is 0.395. The highest BCUT2D eigenvalue weighted by Crippen LogP contribution is 2.43. The lowest BCUT2D eigenvalue weighted by atomic mass is 9.85. The molecular formula is C19H22NO+. The van der Waals surface area contributed by atoms with Crippen LogP contribution in [-0.2, 0) is 12.8 Å². The van der Waals surface area contributed by atoms with Crippen molar-refractivity contribution in [3.05, 3.63) is 64.7 Å². The molecule has 2 atom stereocenters. The van der Waals surface area contributed by atoms with E-state index in [9.17, 15) is 5.11 Å². The van der Waals surface area contributed by atoms with Gasteiger partial charge in [-0.25, -0.2) is 0 Å². The van der Waals surface area contributed by atoms with Crippen molar-refractivity contribution in [2.45, 2.75) is 25.3 Å². The summed E-state index contributed by atoms with van der Waals surface area (Å²) >= 11 is 0. The van der Waals surface area contributed by atoms with Crippen LogP contribution in [0.15, 0.2) is 42.5 Å². The highest BCUT2D eigenvalue weighted by molar-refractivity contribution is 5.44. The molecule has 2 heteroatoms. The monoisotopic (exact) mass is 280 g/mol. The Labute approximate surface area is 126 Å². The molecule has 0 amide bonds. The molecule has 108 valence electrons. The maximum absolute atomic E-state index is 9.79. The lowest BCUT2D eigenvalue weighted by Crippen LogP contribution is -2.51. The van der Waals surface area contributed by atoms with Crippen LogP contribution in [0.3, 0.4) is 0 Å². The molecule has 21 heavy (non-hydrogen) atoms. The summed E-state index contributed by atoms with van der Waals surface area (Å²) in [5.41, 5.74) is 5.73. The number of phenols is 1. The summed E-state index contributed by atoms with van der Waals surface area (Å²) in [6.45, 7) is 2.40. The smallest absolute Gasteiger partial charge is 0.141 e. The average Bonchev–Trinajstić information content (AvgIpc) is 2.63. The molecule has 0 aliphatic carbocycles. The molecule has 2 aromatic rings. The first-order chi connectivity index (χ1) is 10.2. The van der Waals surface area contributed by atoms with E-state index in [0.717, 1.165) is 17.4 Å². The van der Waals surface area contributed by atoms with Crippen molar-refractivity contribution in [3.8, 4) is 5.75 Å². The molecule has 0 fully saturated rings. The minimum Gasteiger partial charge on any atom is -0.508 e. The van der Waals surface area contributed by atoms with Gasteiger partial charge >= 0.3 is 0 Å². The number of fused-ring (bicyclic) bond motifs is 5. The third-order valence-electron chi connectivity index (χ3n) is 5.40. The highest BCUT2D eigenvalue weighted by Gasteiger charge is 2.42. The Bertz CT molecular complexity index is 694. The lowest BCUT2D eigenvalue weighted by molar-refractivity contribution is -0.935. The van der Waals surface area contributed by atoms with Gasteiger partial charge in [0, 0.05) is 24.0 Å². The maximum atomic E-state index is 9.79. The van der Waals surface area contributed by atoms with Crippen LogP contribution in [0.25, 0.3) is 0 Å². The first-order valence-corrected chi connectivity index (χ1v) is 7.91. The largest absolute Gasteiger partial charge is 0.508 e. The summed E-state index contributed by atoms with van der Waals surface area (Å²) in [6, 6.07) is 15.3. The Morgan fingerprint density at radius 1 is 0.952 bits per heavy atom. The van der Waals surface area contributed by atoms with Crippen LogP contribution in [0, 0.1) is 0 Å². The van der Waals surface area contributed by atoms with Gasteiger partial charge in [-0.3, -0.25) is 0 Å². The molecular weight excluding hydrogens is 258 g/mol. The molecule has 2 aromatic carbocycles. The van der Waals surface area contributed by atoms with E-state index in [1.54, 1.807) is 0 Å². The van der Waals surface area contributed by atoms with Crippen LogP contribution < -0.4 is 0 Å². The van der Waals surface area contributed by atoms with Crippen LogP contribution in [0.1, 0.15) is 34.7 Å². The minimum atomic E-state index is 0.395. The molecule has 4 rings (SSSR count). The molecule has 0 aromatic heterocycles. The van der Waals surface area contributed by atoms with E-state index in [1.807, 2.05) is 12.1 Å². The zero-order chi connectivity index (χ0) is 14.4. The summed E-state index contributed by atoms with van der Waals surface area (Å²) in [5.74, 6) is 0.395. The van der Waals surface area contributed by atoms with E-state index in [4.69, 9.17) is 0 Å². The van der Waals surface area contributed by atoms with Gasteiger partial charge in [0.1, 0.15) is 11.8 Å². The predicted molar refractivity (Wildman–Crippen MR) is 84.3 cm³/mol. The Kier molecular flexibility index (Phi) is 2.83. The number of nitrogens with zero attached hydrogens (tertiary/aromatic N) is 1. The fourth-order valence-electron chi connectivity index (χ4n) is 4.32. The van der Waals surface area contributed by atoms with Crippen molar-refractivity contribution < 1.29 is 9.59 Å². The molecule has 0 saturated heterocycles. The zero-order valence-corrected chi connectivity index (χ0v) is 12.5. The van der Waals surface area contributed by atoms with E-state index >= 15 is 0 Å². The number of aromatic hydroxyl groups is 1. The number of hydrogen-bond acceptors (Lipinski definition) is 1. The van der Waals surface area contributed by atoms with Crippen LogP contribution in [0.4, 0.5) is 0 Å². The van der Waals surface area contributed by atoms with Crippen LogP contribution in [0.2, 0.25) is 0 Å². The van der Waals surface area contributed by atoms with Crippen molar-refractivity contribution in [1.82, 2.24) is 0 Å². The summed E-state index contributed by atoms with van der Waals surface area (Å²) in [7, 11) is 2.41. The Morgan fingerprint density at radius 2 is 1.76 bits per heavy atom. The molecule has 0 radical (unpaired) electrons. The SMILES string of the molecule is C[N+]12CCCc3ccccc3C1c1ccc(O)cc1CC2. The van der Waals surface area contributed by atoms with Crippen LogP contribution in [-0.4, -0.2) is 29.7 Å². The Balaban J connectivity index is 1.95. The van der Waals surface area contributed by atoms with Gasteiger partial charge in [0.2, 0.25) is 0 Å². The maximum Gasteiger partial charge on any atom is 0.141 e. The number of benzene rings is 2. The van der Waals surface area contributed by atoms with Crippen LogP contribution >= 0.6 is 0 Å². The van der Waals surface area contributed by atoms with E-state index in [0.29, 0.717) is 11.8 Å². The van der Waals surface area contributed by atoms with Crippen molar-refractivity contribution in [1.29, 1.82) is 0 Å². The Morgan fingerprint density at radius 3 is 2.67 bits per heavy atom. The quantitative estimate of drug-likeness (QED) is 0.733. The number of likely N-dealkylation sites (N-methyl/N-ethyl adjacent to an activating group) is 1. The first-order valence-electron chi connectivity index (χ1n) is 7.91. The third kappa shape index (κ3) is 1.97. The first kappa shape index (κ1) is 12.9. The second-order valence-electron chi connectivity index (χ2n) is 6.76. The molecule has 1 N–H and O–H groups in total. The average molecular weight is 280 g/mol. The molecule has 2 nitrogen and oxygen atoms in total. The standard InChI is InChI=1S/C19H21NO/c1-20-11-4-6-14-5-2-3-7-17(14)19(20)18-9-8-16(21)13-15(18)10-12-20/h2-3,5,7-9,13,19H,4,6,10-12H2,1H3/p+1. The van der Waals surface area contributed by atoms with Crippen molar-refractivity contribution in [2.24, 2.45) is 0 Å². The molecule has 0 spiro atoms. The second kappa shape index (κ2) is 4.60. The molecule has 2 aliphatic rings. The zero-order valence-electron chi connectivity index (χ0n) is 12.5. The van der Waals surface area contributed by atoms with Gasteiger partial charge < -0.3 is 9.59 Å². The fraction of sp³-hybridized carbons (Fsp3) is 0.368. The highest BCUT2D eigenvalue weighted by atomic mass is 16.3. The number of rotatable bonds is 0. The van der Waals surface area contributed by atoms with Crippen molar-refractivity contribution >= 4 is 0 Å². The van der Waals surface area contributed by atoms with E-state index in [2.05, 4.69) is 37.4 Å². The van der Waals surface area contributed by atoms with E-state index in [-0.39, 0.29) is 0 Å². The van der Waals surface area contributed by atoms with Gasteiger partial charge in [-0.15, -0.1) is 0 Å². The second-order valence-corrected chi connectivity index (χ2v) is 6.76. The van der Waals surface area contributed by atoms with Gasteiger partial charge in [-0.1, -0.05) is 24.3 Å². The topological polar surface area (TPSA) is 20.2 Å². The van der Waals surface area contributed by atoms with Gasteiger partial charge in [0.05, 0.1) is 20.1 Å².